The van der Waals surface area contributed by atoms with Crippen LogP contribution in [0.3, 0.4) is 0 Å². The molecule has 0 aliphatic carbocycles. The highest BCUT2D eigenvalue weighted by atomic mass is 32.2. The first-order valence-electron chi connectivity index (χ1n) is 12.9. The molecule has 2 aliphatic heterocycles. The fraction of sp³-hybridized carbons (Fsp3) is 0.464. The number of rotatable bonds is 9. The van der Waals surface area contributed by atoms with Gasteiger partial charge in [0.05, 0.1) is 13.1 Å². The summed E-state index contributed by atoms with van der Waals surface area (Å²) in [6, 6.07) is 19.2. The number of hydrogen-bond acceptors (Lipinski definition) is 5. The number of likely N-dealkylation sites (N-methyl/N-ethyl adjacent to an activating group) is 1. The quantitative estimate of drug-likeness (QED) is 0.510. The van der Waals surface area contributed by atoms with Crippen LogP contribution in [0.4, 0.5) is 4.79 Å². The normalized spacial score (nSPS) is 21.1. The third kappa shape index (κ3) is 6.27. The Balaban J connectivity index is 1.50. The molecule has 9 heteroatoms. The molecular weight excluding hydrogens is 486 g/mol. The van der Waals surface area contributed by atoms with Crippen LogP contribution in [0.5, 0.6) is 0 Å². The first-order chi connectivity index (χ1) is 17.9. The third-order valence-corrected chi connectivity index (χ3v) is 8.17. The Bertz CT molecular complexity index is 1070. The highest BCUT2D eigenvalue weighted by Gasteiger charge is 2.51. The van der Waals surface area contributed by atoms with Gasteiger partial charge in [0, 0.05) is 31.6 Å². The number of hydrazine groups is 1. The molecule has 0 radical (unpaired) electrons. The number of piperazine rings is 1. The Hall–Kier alpha value is -3.04. The second kappa shape index (κ2) is 12.5. The minimum absolute atomic E-state index is 0.0173. The summed E-state index contributed by atoms with van der Waals surface area (Å²) in [7, 11) is 1.76. The summed E-state index contributed by atoms with van der Waals surface area (Å²) < 4.78 is 0. The van der Waals surface area contributed by atoms with E-state index >= 15 is 0 Å². The summed E-state index contributed by atoms with van der Waals surface area (Å²) in [6.07, 6.45) is 0.220. The van der Waals surface area contributed by atoms with Crippen molar-refractivity contribution in [1.29, 1.82) is 0 Å². The summed E-state index contributed by atoms with van der Waals surface area (Å²) in [5.41, 5.74) is 2.25. The van der Waals surface area contributed by atoms with E-state index < -0.39 is 12.2 Å². The lowest BCUT2D eigenvalue weighted by Gasteiger charge is -2.55. The van der Waals surface area contributed by atoms with E-state index in [0.29, 0.717) is 19.6 Å². The molecule has 198 valence electrons. The Morgan fingerprint density at radius 2 is 1.70 bits per heavy atom. The summed E-state index contributed by atoms with van der Waals surface area (Å²) in [6.45, 7) is 5.36. The zero-order valence-corrected chi connectivity index (χ0v) is 22.7. The molecule has 0 saturated carbocycles. The van der Waals surface area contributed by atoms with Gasteiger partial charge in [-0.1, -0.05) is 80.9 Å². The number of nitrogens with one attached hydrogen (secondary N) is 1. The first kappa shape index (κ1) is 27.0. The van der Waals surface area contributed by atoms with Gasteiger partial charge in [-0.25, -0.2) is 14.8 Å². The monoisotopic (exact) mass is 523 g/mol. The van der Waals surface area contributed by atoms with Gasteiger partial charge in [-0.15, -0.1) is 0 Å². The molecule has 0 bridgehead atoms. The van der Waals surface area contributed by atoms with Crippen molar-refractivity contribution in [3.8, 4) is 0 Å². The van der Waals surface area contributed by atoms with Gasteiger partial charge in [-0.2, -0.15) is 11.8 Å². The van der Waals surface area contributed by atoms with Crippen LogP contribution >= 0.6 is 11.8 Å². The van der Waals surface area contributed by atoms with Gasteiger partial charge in [0.15, 0.2) is 0 Å². The SMILES string of the molecule is CCC(C)[C@H]1C(=O)N(CCSCc2ccccc2)C[C@H]2N1C(=O)CN(C)N2C(=O)NCc1ccccc1. The van der Waals surface area contributed by atoms with Crippen LogP contribution in [0.15, 0.2) is 60.7 Å². The summed E-state index contributed by atoms with van der Waals surface area (Å²) in [5, 5.41) is 6.30. The lowest BCUT2D eigenvalue weighted by molar-refractivity contribution is -0.190. The van der Waals surface area contributed by atoms with Gasteiger partial charge in [0.1, 0.15) is 12.2 Å². The van der Waals surface area contributed by atoms with Crippen molar-refractivity contribution in [2.24, 2.45) is 5.92 Å². The second-order valence-electron chi connectivity index (χ2n) is 9.74. The van der Waals surface area contributed by atoms with Crippen LogP contribution in [0.1, 0.15) is 31.4 Å². The standard InChI is InChI=1S/C28H37N5O3S/c1-4-21(2)26-27(35)31(15-16-37-20-23-13-9-6-10-14-23)18-24-32(26)25(34)19-30(3)33(24)28(36)29-17-22-11-7-5-8-12-22/h5-14,21,24,26H,4,15-20H2,1-3H3,(H,29,36)/t21?,24-,26-/m0/s1. The number of urea groups is 1. The Kier molecular flexibility index (Phi) is 9.10. The number of benzene rings is 2. The molecule has 2 heterocycles. The molecule has 2 fully saturated rings. The van der Waals surface area contributed by atoms with Gasteiger partial charge < -0.3 is 15.1 Å². The largest absolute Gasteiger partial charge is 0.336 e. The molecule has 37 heavy (non-hydrogen) atoms. The Morgan fingerprint density at radius 1 is 1.05 bits per heavy atom. The average Bonchev–Trinajstić information content (AvgIpc) is 2.91. The fourth-order valence-electron chi connectivity index (χ4n) is 4.99. The van der Waals surface area contributed by atoms with Gasteiger partial charge >= 0.3 is 6.03 Å². The fourth-order valence-corrected chi connectivity index (χ4v) is 5.91. The molecule has 1 unspecified atom stereocenters. The van der Waals surface area contributed by atoms with Gasteiger partial charge in [0.2, 0.25) is 11.8 Å². The van der Waals surface area contributed by atoms with Gasteiger partial charge in [0.25, 0.3) is 0 Å². The van der Waals surface area contributed by atoms with Crippen LogP contribution < -0.4 is 5.32 Å². The van der Waals surface area contributed by atoms with E-state index in [9.17, 15) is 14.4 Å². The zero-order valence-electron chi connectivity index (χ0n) is 21.9. The van der Waals surface area contributed by atoms with Crippen molar-refractivity contribution in [2.75, 3.05) is 32.4 Å². The molecule has 4 rings (SSSR count). The van der Waals surface area contributed by atoms with E-state index in [1.54, 1.807) is 33.7 Å². The van der Waals surface area contributed by atoms with Crippen molar-refractivity contribution < 1.29 is 14.4 Å². The molecule has 2 aromatic carbocycles. The van der Waals surface area contributed by atoms with E-state index in [1.165, 1.54) is 5.56 Å². The predicted molar refractivity (Wildman–Crippen MR) is 146 cm³/mol. The number of hydrogen-bond donors (Lipinski definition) is 1. The van der Waals surface area contributed by atoms with Crippen molar-refractivity contribution in [1.82, 2.24) is 25.1 Å². The number of carbonyl (C=O) groups excluding carboxylic acids is 3. The van der Waals surface area contributed by atoms with E-state index in [-0.39, 0.29) is 30.3 Å². The number of carbonyl (C=O) groups is 3. The molecule has 1 N–H and O–H groups in total. The van der Waals surface area contributed by atoms with E-state index in [0.717, 1.165) is 23.5 Å². The van der Waals surface area contributed by atoms with E-state index in [2.05, 4.69) is 17.4 Å². The van der Waals surface area contributed by atoms with Crippen molar-refractivity contribution in [3.63, 3.8) is 0 Å². The average molecular weight is 524 g/mol. The zero-order chi connectivity index (χ0) is 26.4. The molecule has 8 nitrogen and oxygen atoms in total. The number of nitrogens with zero attached hydrogens (tertiary/aromatic N) is 4. The highest BCUT2D eigenvalue weighted by Crippen LogP contribution is 2.30. The topological polar surface area (TPSA) is 76.2 Å². The van der Waals surface area contributed by atoms with Crippen molar-refractivity contribution >= 4 is 29.6 Å². The van der Waals surface area contributed by atoms with Crippen molar-refractivity contribution in [3.05, 3.63) is 71.8 Å². The van der Waals surface area contributed by atoms with Crippen LogP contribution in [0.2, 0.25) is 0 Å². The maximum Gasteiger partial charge on any atom is 0.334 e. The highest BCUT2D eigenvalue weighted by molar-refractivity contribution is 7.98. The number of fused-ring (bicyclic) bond motifs is 1. The lowest BCUT2D eigenvalue weighted by Crippen LogP contribution is -2.76. The molecule has 4 amide bonds. The number of amides is 4. The van der Waals surface area contributed by atoms with Crippen LogP contribution in [-0.2, 0) is 21.9 Å². The Morgan fingerprint density at radius 3 is 2.35 bits per heavy atom. The van der Waals surface area contributed by atoms with Crippen LogP contribution in [-0.4, -0.2) is 82.3 Å². The maximum absolute atomic E-state index is 13.6. The predicted octanol–water partition coefficient (Wildman–Crippen LogP) is 3.40. The summed E-state index contributed by atoms with van der Waals surface area (Å²) >= 11 is 1.78. The third-order valence-electron chi connectivity index (χ3n) is 7.17. The molecule has 2 aliphatic rings. The first-order valence-corrected chi connectivity index (χ1v) is 14.1. The van der Waals surface area contributed by atoms with Gasteiger partial charge in [-0.3, -0.25) is 9.59 Å². The molecule has 2 saturated heterocycles. The molecule has 0 aromatic heterocycles. The maximum atomic E-state index is 13.6. The van der Waals surface area contributed by atoms with Crippen LogP contribution in [0, 0.1) is 5.92 Å². The summed E-state index contributed by atoms with van der Waals surface area (Å²) in [5.74, 6) is 1.51. The van der Waals surface area contributed by atoms with Crippen LogP contribution in [0.25, 0.3) is 0 Å². The van der Waals surface area contributed by atoms with E-state index in [1.807, 2.05) is 67.3 Å². The number of thioether (sulfide) groups is 1. The van der Waals surface area contributed by atoms with E-state index in [4.69, 9.17) is 0 Å². The smallest absolute Gasteiger partial charge is 0.334 e. The molecule has 0 spiro atoms. The molecule has 3 atom stereocenters. The van der Waals surface area contributed by atoms with Crippen molar-refractivity contribution in [2.45, 2.75) is 44.8 Å². The minimum Gasteiger partial charge on any atom is -0.336 e. The molecule has 2 aromatic rings. The minimum atomic E-state index is -0.575. The second-order valence-corrected chi connectivity index (χ2v) is 10.8. The molecular formula is C28H37N5O3S. The summed E-state index contributed by atoms with van der Waals surface area (Å²) in [4.78, 5) is 43.8. The van der Waals surface area contributed by atoms with Gasteiger partial charge in [-0.05, 0) is 17.0 Å². The Labute approximate surface area is 223 Å². The lowest BCUT2D eigenvalue weighted by atomic mass is 9.92.